The molecule has 8 nitrogen and oxygen atoms in total. The second-order valence-corrected chi connectivity index (χ2v) is 8.33. The van der Waals surface area contributed by atoms with E-state index in [9.17, 15) is 18.0 Å². The van der Waals surface area contributed by atoms with Crippen molar-refractivity contribution in [3.05, 3.63) is 64.5 Å². The Morgan fingerprint density at radius 2 is 1.77 bits per heavy atom. The van der Waals surface area contributed by atoms with Crippen molar-refractivity contribution in [1.29, 1.82) is 0 Å². The first-order valence-electron chi connectivity index (χ1n) is 9.34. The Morgan fingerprint density at radius 3 is 2.37 bits per heavy atom. The van der Waals surface area contributed by atoms with Crippen LogP contribution >= 0.6 is 0 Å². The van der Waals surface area contributed by atoms with E-state index in [1.807, 2.05) is 0 Å². The highest BCUT2D eigenvalue weighted by Crippen LogP contribution is 2.25. The van der Waals surface area contributed by atoms with Crippen molar-refractivity contribution < 1.29 is 22.4 Å². The zero-order valence-electron chi connectivity index (χ0n) is 16.8. The highest BCUT2D eigenvalue weighted by molar-refractivity contribution is 7.89. The van der Waals surface area contributed by atoms with Gasteiger partial charge in [0.25, 0.3) is 5.91 Å². The third-order valence-corrected chi connectivity index (χ3v) is 6.71. The van der Waals surface area contributed by atoms with Crippen LogP contribution < -0.4 is 15.7 Å². The maximum Gasteiger partial charge on any atom is 0.349 e. The highest BCUT2D eigenvalue weighted by Gasteiger charge is 2.21. The second-order valence-electron chi connectivity index (χ2n) is 6.39. The zero-order chi connectivity index (χ0) is 21.9. The summed E-state index contributed by atoms with van der Waals surface area (Å²) in [5.74, 6) is -0.269. The molecule has 9 heteroatoms. The van der Waals surface area contributed by atoms with Crippen LogP contribution in [0.5, 0.6) is 5.75 Å². The van der Waals surface area contributed by atoms with E-state index >= 15 is 0 Å². The molecule has 0 atom stereocenters. The Labute approximate surface area is 174 Å². The molecule has 1 heterocycles. The fourth-order valence-electron chi connectivity index (χ4n) is 3.06. The van der Waals surface area contributed by atoms with Gasteiger partial charge in [-0.1, -0.05) is 26.0 Å². The minimum absolute atomic E-state index is 0.126. The van der Waals surface area contributed by atoms with Gasteiger partial charge in [0, 0.05) is 24.2 Å². The highest BCUT2D eigenvalue weighted by atomic mass is 32.2. The molecule has 2 aromatic carbocycles. The second kappa shape index (κ2) is 8.68. The number of fused-ring (bicyclic) bond motifs is 1. The zero-order valence-corrected chi connectivity index (χ0v) is 17.7. The summed E-state index contributed by atoms with van der Waals surface area (Å²) in [5.41, 5.74) is -0.364. The van der Waals surface area contributed by atoms with E-state index in [2.05, 4.69) is 5.32 Å². The van der Waals surface area contributed by atoms with Crippen LogP contribution in [0.3, 0.4) is 0 Å². The van der Waals surface area contributed by atoms with E-state index in [4.69, 9.17) is 9.15 Å². The minimum atomic E-state index is -3.59. The first kappa shape index (κ1) is 21.5. The number of nitrogens with zero attached hydrogens (tertiary/aromatic N) is 1. The van der Waals surface area contributed by atoms with Gasteiger partial charge >= 0.3 is 5.63 Å². The smallest absolute Gasteiger partial charge is 0.349 e. The molecule has 3 rings (SSSR count). The quantitative estimate of drug-likeness (QED) is 0.578. The Hall–Kier alpha value is -3.17. The molecule has 0 aliphatic rings. The summed E-state index contributed by atoms with van der Waals surface area (Å²) in [4.78, 5) is 25.0. The number of methoxy groups -OCH3 is 1. The van der Waals surface area contributed by atoms with Crippen molar-refractivity contribution >= 4 is 32.6 Å². The van der Waals surface area contributed by atoms with Crippen molar-refractivity contribution in [2.45, 2.75) is 18.7 Å². The Balaban J connectivity index is 1.86. The van der Waals surface area contributed by atoms with Gasteiger partial charge in [0.1, 0.15) is 5.56 Å². The first-order chi connectivity index (χ1) is 14.3. The number of para-hydroxylation sites is 1. The van der Waals surface area contributed by atoms with Crippen LogP contribution in [-0.2, 0) is 10.0 Å². The molecule has 0 spiro atoms. The number of carbonyl (C=O) groups excluding carboxylic acids is 1. The standard InChI is InChI=1S/C21H22N2O6S/c1-4-23(5-2)30(26,27)16-11-9-15(10-12-16)22-20(24)17-13-14-7-6-8-18(28-3)19(14)29-21(17)25/h6-13H,4-5H2,1-3H3,(H,22,24). The molecule has 1 amide bonds. The van der Waals surface area contributed by atoms with Gasteiger partial charge < -0.3 is 14.5 Å². The predicted molar refractivity (Wildman–Crippen MR) is 114 cm³/mol. The number of rotatable bonds is 7. The van der Waals surface area contributed by atoms with Crippen LogP contribution in [0.2, 0.25) is 0 Å². The summed E-state index contributed by atoms with van der Waals surface area (Å²) in [6.07, 6.45) is 0. The number of benzene rings is 2. The fraction of sp³-hybridized carbons (Fsp3) is 0.238. The van der Waals surface area contributed by atoms with E-state index in [-0.39, 0.29) is 16.0 Å². The van der Waals surface area contributed by atoms with Gasteiger partial charge in [-0.2, -0.15) is 4.31 Å². The minimum Gasteiger partial charge on any atom is -0.493 e. The number of sulfonamides is 1. The third-order valence-electron chi connectivity index (χ3n) is 4.64. The van der Waals surface area contributed by atoms with E-state index < -0.39 is 21.6 Å². The lowest BCUT2D eigenvalue weighted by Crippen LogP contribution is -2.30. The number of carbonyl (C=O) groups is 1. The fourth-order valence-corrected chi connectivity index (χ4v) is 4.52. The number of nitrogens with one attached hydrogen (secondary N) is 1. The average molecular weight is 430 g/mol. The molecule has 0 radical (unpaired) electrons. The Kier molecular flexibility index (Phi) is 6.23. The topological polar surface area (TPSA) is 106 Å². The van der Waals surface area contributed by atoms with Crippen molar-refractivity contribution in [1.82, 2.24) is 4.31 Å². The molecule has 0 bridgehead atoms. The van der Waals surface area contributed by atoms with Gasteiger partial charge in [0.2, 0.25) is 10.0 Å². The summed E-state index contributed by atoms with van der Waals surface area (Å²) in [5, 5.41) is 3.13. The lowest BCUT2D eigenvalue weighted by atomic mass is 10.1. The van der Waals surface area contributed by atoms with Gasteiger partial charge in [0.05, 0.1) is 12.0 Å². The molecule has 3 aromatic rings. The van der Waals surface area contributed by atoms with Crippen LogP contribution in [0.4, 0.5) is 5.69 Å². The molecular weight excluding hydrogens is 408 g/mol. The third kappa shape index (κ3) is 4.07. The molecule has 1 aromatic heterocycles. The van der Waals surface area contributed by atoms with Crippen LogP contribution in [0, 0.1) is 0 Å². The van der Waals surface area contributed by atoms with E-state index in [0.29, 0.717) is 29.9 Å². The lowest BCUT2D eigenvalue weighted by molar-refractivity contribution is 0.102. The molecule has 0 saturated heterocycles. The summed E-state index contributed by atoms with van der Waals surface area (Å²) >= 11 is 0. The van der Waals surface area contributed by atoms with Crippen LogP contribution in [0.15, 0.2) is 62.6 Å². The normalized spacial score (nSPS) is 11.6. The number of ether oxygens (including phenoxy) is 1. The molecule has 0 unspecified atom stereocenters. The van der Waals surface area contributed by atoms with Crippen molar-refractivity contribution in [3.8, 4) is 5.75 Å². The largest absolute Gasteiger partial charge is 0.493 e. The van der Waals surface area contributed by atoms with Gasteiger partial charge in [-0.25, -0.2) is 13.2 Å². The van der Waals surface area contributed by atoms with Gasteiger partial charge in [-0.15, -0.1) is 0 Å². The lowest BCUT2D eigenvalue weighted by Gasteiger charge is -2.18. The number of anilines is 1. The molecule has 158 valence electrons. The number of hydrogen-bond acceptors (Lipinski definition) is 6. The predicted octanol–water partition coefficient (Wildman–Crippen LogP) is 3.08. The molecular formula is C21H22N2O6S. The first-order valence-corrected chi connectivity index (χ1v) is 10.8. The maximum absolute atomic E-state index is 12.6. The molecule has 1 N–H and O–H groups in total. The van der Waals surface area contributed by atoms with Crippen molar-refractivity contribution in [2.24, 2.45) is 0 Å². The van der Waals surface area contributed by atoms with Crippen molar-refractivity contribution in [3.63, 3.8) is 0 Å². The molecule has 0 aliphatic carbocycles. The van der Waals surface area contributed by atoms with Crippen LogP contribution in [0.25, 0.3) is 11.0 Å². The summed E-state index contributed by atoms with van der Waals surface area (Å²) in [6.45, 7) is 4.25. The number of hydrogen-bond donors (Lipinski definition) is 1. The summed E-state index contributed by atoms with van der Waals surface area (Å²) in [6, 6.07) is 12.3. The van der Waals surface area contributed by atoms with Crippen molar-refractivity contribution in [2.75, 3.05) is 25.5 Å². The van der Waals surface area contributed by atoms with Crippen LogP contribution in [-0.4, -0.2) is 38.8 Å². The van der Waals surface area contributed by atoms with Crippen LogP contribution in [0.1, 0.15) is 24.2 Å². The van der Waals surface area contributed by atoms with Gasteiger partial charge in [-0.3, -0.25) is 4.79 Å². The Morgan fingerprint density at radius 1 is 1.10 bits per heavy atom. The SMILES string of the molecule is CCN(CC)S(=O)(=O)c1ccc(NC(=O)c2cc3cccc(OC)c3oc2=O)cc1. The molecule has 0 aliphatic heterocycles. The van der Waals surface area contributed by atoms with E-state index in [0.717, 1.165) is 0 Å². The number of amides is 1. The Bertz CT molecular complexity index is 1230. The summed E-state index contributed by atoms with van der Waals surface area (Å²) < 4.78 is 36.9. The maximum atomic E-state index is 12.6. The average Bonchev–Trinajstić information content (AvgIpc) is 2.73. The molecule has 30 heavy (non-hydrogen) atoms. The monoisotopic (exact) mass is 430 g/mol. The summed E-state index contributed by atoms with van der Waals surface area (Å²) in [7, 11) is -2.13. The van der Waals surface area contributed by atoms with Gasteiger partial charge in [0.15, 0.2) is 11.3 Å². The molecule has 0 fully saturated rings. The van der Waals surface area contributed by atoms with E-state index in [1.54, 1.807) is 32.0 Å². The molecule has 0 saturated carbocycles. The van der Waals surface area contributed by atoms with Gasteiger partial charge in [-0.05, 0) is 36.4 Å². The van der Waals surface area contributed by atoms with E-state index in [1.165, 1.54) is 41.7 Å².